The smallest absolute Gasteiger partial charge is 0.314 e. The summed E-state index contributed by atoms with van der Waals surface area (Å²) in [5.74, 6) is -0.611. The van der Waals surface area contributed by atoms with Crippen molar-refractivity contribution in [2.24, 2.45) is 15.9 Å². The number of ether oxygens (including phenoxy) is 1. The van der Waals surface area contributed by atoms with E-state index in [1.807, 2.05) is 119 Å². The van der Waals surface area contributed by atoms with Crippen LogP contribution in [0.3, 0.4) is 0 Å². The van der Waals surface area contributed by atoms with Gasteiger partial charge in [-0.2, -0.15) is 10.1 Å². The molecule has 5 nitrogen and oxygen atoms in total. The van der Waals surface area contributed by atoms with Gasteiger partial charge in [-0.15, -0.1) is 0 Å². The molecule has 172 valence electrons. The zero-order valence-electron chi connectivity index (χ0n) is 19.9. The highest BCUT2D eigenvalue weighted by Gasteiger charge is 2.95. The number of benzene rings is 3. The largest absolute Gasteiger partial charge is 0.462 e. The fourth-order valence-electron chi connectivity index (χ4n) is 6.25. The van der Waals surface area contributed by atoms with Crippen molar-refractivity contribution in [1.29, 1.82) is 0 Å². The van der Waals surface area contributed by atoms with E-state index in [0.29, 0.717) is 11.4 Å². The molecule has 0 saturated heterocycles. The molecule has 2 aliphatic rings. The van der Waals surface area contributed by atoms with Crippen LogP contribution in [0.4, 0.5) is 5.69 Å². The fraction of sp³-hybridized carbons (Fsp3) is 0.276. The molecule has 1 spiro atoms. The second-order valence-corrected chi connectivity index (χ2v) is 9.45. The van der Waals surface area contributed by atoms with Crippen LogP contribution >= 0.6 is 0 Å². The summed E-state index contributed by atoms with van der Waals surface area (Å²) in [5, 5.41) is 6.20. The summed E-state index contributed by atoms with van der Waals surface area (Å²) in [7, 11) is 0. The number of amides is 1. The quantitative estimate of drug-likeness (QED) is 0.490. The number of carbonyl (C=O) groups excluding carboxylic acids is 2. The van der Waals surface area contributed by atoms with Crippen LogP contribution in [0, 0.1) is 10.8 Å². The summed E-state index contributed by atoms with van der Waals surface area (Å²) >= 11 is 0. The number of hydrogen-bond donors (Lipinski definition) is 0. The molecular formula is C29H28N2O3. The van der Waals surface area contributed by atoms with Crippen LogP contribution in [-0.2, 0) is 19.7 Å². The fourth-order valence-corrected chi connectivity index (χ4v) is 6.25. The van der Waals surface area contributed by atoms with E-state index in [1.165, 1.54) is 5.01 Å². The first kappa shape index (κ1) is 22.1. The molecule has 0 aromatic heterocycles. The number of esters is 1. The number of rotatable bonds is 5. The second-order valence-electron chi connectivity index (χ2n) is 9.45. The summed E-state index contributed by atoms with van der Waals surface area (Å²) in [6.07, 6.45) is -0.315. The van der Waals surface area contributed by atoms with Gasteiger partial charge in [0.1, 0.15) is 10.8 Å². The van der Waals surface area contributed by atoms with Crippen LogP contribution in [0.25, 0.3) is 0 Å². The molecule has 0 bridgehead atoms. The van der Waals surface area contributed by atoms with E-state index >= 15 is 0 Å². The van der Waals surface area contributed by atoms with Gasteiger partial charge in [-0.3, -0.25) is 9.59 Å². The third-order valence-electron chi connectivity index (χ3n) is 7.47. The zero-order chi connectivity index (χ0) is 24.1. The minimum absolute atomic E-state index is 0.216. The van der Waals surface area contributed by atoms with Crippen molar-refractivity contribution in [1.82, 2.24) is 0 Å². The Bertz CT molecular complexity index is 1230. The Morgan fingerprint density at radius 1 is 0.824 bits per heavy atom. The van der Waals surface area contributed by atoms with Crippen LogP contribution < -0.4 is 5.01 Å². The van der Waals surface area contributed by atoms with Crippen molar-refractivity contribution in [3.8, 4) is 0 Å². The lowest BCUT2D eigenvalue weighted by Gasteiger charge is -2.24. The van der Waals surface area contributed by atoms with Crippen LogP contribution in [0.15, 0.2) is 96.1 Å². The number of para-hydroxylation sites is 1. The summed E-state index contributed by atoms with van der Waals surface area (Å²) in [5.41, 5.74) is -0.319. The van der Waals surface area contributed by atoms with Crippen molar-refractivity contribution < 1.29 is 14.3 Å². The summed E-state index contributed by atoms with van der Waals surface area (Å²) < 4.78 is 5.84. The van der Waals surface area contributed by atoms with Gasteiger partial charge in [0.05, 0.1) is 22.9 Å². The molecule has 5 rings (SSSR count). The predicted octanol–water partition coefficient (Wildman–Crippen LogP) is 5.35. The first-order valence-corrected chi connectivity index (χ1v) is 11.6. The SMILES string of the molecule is CC1=NN(c2ccccc2)C(=O)C12C(C)(C(=O)OC(C)C)C2(c1ccccc1)c1ccccc1. The Kier molecular flexibility index (Phi) is 4.97. The highest BCUT2D eigenvalue weighted by atomic mass is 16.5. The van der Waals surface area contributed by atoms with Crippen molar-refractivity contribution in [3.05, 3.63) is 102 Å². The van der Waals surface area contributed by atoms with E-state index < -0.39 is 22.2 Å². The maximum Gasteiger partial charge on any atom is 0.314 e. The lowest BCUT2D eigenvalue weighted by atomic mass is 9.77. The number of nitrogens with zero attached hydrogens (tertiary/aromatic N) is 2. The molecule has 2 atom stereocenters. The van der Waals surface area contributed by atoms with Gasteiger partial charge in [0, 0.05) is 0 Å². The summed E-state index contributed by atoms with van der Waals surface area (Å²) in [6, 6.07) is 29.0. The minimum atomic E-state index is -1.22. The molecule has 1 saturated carbocycles. The average Bonchev–Trinajstić information content (AvgIpc) is 3.28. The summed E-state index contributed by atoms with van der Waals surface area (Å²) in [4.78, 5) is 28.4. The topological polar surface area (TPSA) is 59.0 Å². The first-order valence-electron chi connectivity index (χ1n) is 11.6. The minimum Gasteiger partial charge on any atom is -0.462 e. The van der Waals surface area contributed by atoms with Crippen molar-refractivity contribution >= 4 is 23.3 Å². The van der Waals surface area contributed by atoms with Crippen LogP contribution in [0.5, 0.6) is 0 Å². The van der Waals surface area contributed by atoms with Gasteiger partial charge < -0.3 is 4.74 Å². The normalized spacial score (nSPS) is 24.9. The monoisotopic (exact) mass is 452 g/mol. The Balaban J connectivity index is 1.82. The Hall–Kier alpha value is -3.73. The molecule has 1 aliphatic carbocycles. The third-order valence-corrected chi connectivity index (χ3v) is 7.47. The van der Waals surface area contributed by atoms with E-state index in [2.05, 4.69) is 0 Å². The molecule has 1 heterocycles. The lowest BCUT2D eigenvalue weighted by Crippen LogP contribution is -2.37. The van der Waals surface area contributed by atoms with Crippen molar-refractivity contribution in [2.45, 2.75) is 39.2 Å². The van der Waals surface area contributed by atoms with Crippen LogP contribution in [-0.4, -0.2) is 23.7 Å². The van der Waals surface area contributed by atoms with E-state index in [1.54, 1.807) is 0 Å². The Morgan fingerprint density at radius 3 is 1.76 bits per heavy atom. The van der Waals surface area contributed by atoms with Crippen LogP contribution in [0.2, 0.25) is 0 Å². The molecule has 0 radical (unpaired) electrons. The Labute approximate surface area is 200 Å². The van der Waals surface area contributed by atoms with Gasteiger partial charge in [-0.25, -0.2) is 0 Å². The maximum absolute atomic E-state index is 14.5. The number of carbonyl (C=O) groups is 2. The van der Waals surface area contributed by atoms with Gasteiger partial charge in [0.25, 0.3) is 5.91 Å². The molecule has 3 aromatic rings. The molecule has 1 aliphatic heterocycles. The van der Waals surface area contributed by atoms with Gasteiger partial charge in [-0.05, 0) is 51.0 Å². The number of hydrazone groups is 1. The second kappa shape index (κ2) is 7.66. The third kappa shape index (κ3) is 2.52. The van der Waals surface area contributed by atoms with Crippen LogP contribution in [0.1, 0.15) is 38.8 Å². The number of anilines is 1. The average molecular weight is 453 g/mol. The lowest BCUT2D eigenvalue weighted by molar-refractivity contribution is -0.155. The first-order chi connectivity index (χ1) is 16.3. The predicted molar refractivity (Wildman–Crippen MR) is 132 cm³/mol. The van der Waals surface area contributed by atoms with Gasteiger partial charge in [-0.1, -0.05) is 78.9 Å². The molecule has 5 heteroatoms. The van der Waals surface area contributed by atoms with Gasteiger partial charge >= 0.3 is 5.97 Å². The van der Waals surface area contributed by atoms with E-state index in [9.17, 15) is 9.59 Å². The highest BCUT2D eigenvalue weighted by Crippen LogP contribution is 2.83. The molecule has 34 heavy (non-hydrogen) atoms. The number of hydrogen-bond acceptors (Lipinski definition) is 4. The maximum atomic E-state index is 14.5. The van der Waals surface area contributed by atoms with E-state index in [4.69, 9.17) is 9.84 Å². The van der Waals surface area contributed by atoms with Crippen molar-refractivity contribution in [2.75, 3.05) is 5.01 Å². The standard InChI is InChI=1S/C29H28N2O3/c1-20(2)34-26(33)27(4)28(21(3)30-31(25(28)32)24-18-12-7-13-19-24)29(27,22-14-8-5-9-15-22)23-16-10-6-11-17-23/h5-20H,1-4H3. The molecule has 2 unspecified atom stereocenters. The van der Waals surface area contributed by atoms with E-state index in [0.717, 1.165) is 11.1 Å². The van der Waals surface area contributed by atoms with Gasteiger partial charge in [0.2, 0.25) is 0 Å². The zero-order valence-corrected chi connectivity index (χ0v) is 19.9. The Morgan fingerprint density at radius 2 is 1.29 bits per heavy atom. The molecule has 1 amide bonds. The highest BCUT2D eigenvalue weighted by molar-refractivity contribution is 6.28. The molecule has 0 N–H and O–H groups in total. The molecule has 1 fully saturated rings. The summed E-state index contributed by atoms with van der Waals surface area (Å²) in [6.45, 7) is 7.38. The molecule has 3 aromatic carbocycles. The van der Waals surface area contributed by atoms with Crippen molar-refractivity contribution in [3.63, 3.8) is 0 Å². The van der Waals surface area contributed by atoms with E-state index in [-0.39, 0.29) is 12.0 Å². The molecular weight excluding hydrogens is 424 g/mol. The van der Waals surface area contributed by atoms with Gasteiger partial charge in [0.15, 0.2) is 0 Å².